The van der Waals surface area contributed by atoms with Crippen molar-refractivity contribution in [2.75, 3.05) is 0 Å². The molecule has 0 bridgehead atoms. The van der Waals surface area contributed by atoms with E-state index in [1.165, 1.54) is 0 Å². The maximum Gasteiger partial charge on any atom is 0.0888 e. The zero-order chi connectivity index (χ0) is 7.65. The molecule has 0 aromatic heterocycles. The molecule has 0 fully saturated rings. The van der Waals surface area contributed by atoms with Crippen LogP contribution in [0.1, 0.15) is 13.8 Å². The smallest absolute Gasteiger partial charge is 0.0888 e. The quantitative estimate of drug-likeness (QED) is 0.522. The van der Waals surface area contributed by atoms with E-state index in [-0.39, 0.29) is 0 Å². The lowest BCUT2D eigenvalue weighted by atomic mass is 10.5. The normalized spacial score (nSPS) is 19.1. The predicted octanol–water partition coefficient (Wildman–Crippen LogP) is -0.519. The van der Waals surface area contributed by atoms with Gasteiger partial charge in [0.1, 0.15) is 0 Å². The minimum Gasteiger partial charge on any atom is -0.771 e. The molecule has 0 saturated carbocycles. The topological polar surface area (TPSA) is 80.3 Å². The largest absolute Gasteiger partial charge is 0.771 e. The van der Waals surface area contributed by atoms with Crippen LogP contribution in [0.3, 0.4) is 0 Å². The molecular formula is C3H6O4S2-2. The molecule has 2 atom stereocenters. The van der Waals surface area contributed by atoms with Gasteiger partial charge in [0, 0.05) is 0 Å². The summed E-state index contributed by atoms with van der Waals surface area (Å²) in [6.07, 6.45) is 0. The van der Waals surface area contributed by atoms with Gasteiger partial charge in [0.05, 0.1) is 4.08 Å². The molecule has 4 nitrogen and oxygen atoms in total. The van der Waals surface area contributed by atoms with Crippen molar-refractivity contribution < 1.29 is 17.5 Å². The molecule has 0 N–H and O–H groups in total. The third-order valence-corrected chi connectivity index (χ3v) is 3.22. The van der Waals surface area contributed by atoms with E-state index in [1.807, 2.05) is 0 Å². The fourth-order valence-corrected chi connectivity index (χ4v) is 0.500. The van der Waals surface area contributed by atoms with Gasteiger partial charge in [-0.25, -0.2) is 0 Å². The minimum absolute atomic E-state index is 1.11. The van der Waals surface area contributed by atoms with E-state index in [2.05, 4.69) is 0 Å². The molecular weight excluding hydrogens is 164 g/mol. The van der Waals surface area contributed by atoms with Crippen LogP contribution in [0.25, 0.3) is 0 Å². The van der Waals surface area contributed by atoms with Crippen molar-refractivity contribution in [1.29, 1.82) is 0 Å². The van der Waals surface area contributed by atoms with Crippen molar-refractivity contribution in [1.82, 2.24) is 0 Å². The summed E-state index contributed by atoms with van der Waals surface area (Å²) in [4.78, 5) is 0. The molecule has 0 aromatic carbocycles. The summed E-state index contributed by atoms with van der Waals surface area (Å²) in [5.41, 5.74) is 0. The van der Waals surface area contributed by atoms with E-state index in [0.717, 1.165) is 13.8 Å². The Morgan fingerprint density at radius 2 is 1.33 bits per heavy atom. The predicted molar refractivity (Wildman–Crippen MR) is 31.9 cm³/mol. The number of hydrogen-bond donors (Lipinski definition) is 0. The van der Waals surface area contributed by atoms with Crippen molar-refractivity contribution in [3.05, 3.63) is 0 Å². The van der Waals surface area contributed by atoms with Crippen LogP contribution in [0.15, 0.2) is 0 Å². The summed E-state index contributed by atoms with van der Waals surface area (Å²) in [6, 6.07) is 0. The molecule has 56 valence electrons. The van der Waals surface area contributed by atoms with Crippen LogP contribution in [0.4, 0.5) is 0 Å². The lowest BCUT2D eigenvalue weighted by Gasteiger charge is -2.29. The standard InChI is InChI=1S/C3H8O4S2/c1-3(2,8(4)5)9(6)7/h1-2H3,(H,4,5)(H,6,7)/p-2. The van der Waals surface area contributed by atoms with E-state index in [1.54, 1.807) is 0 Å². The molecule has 0 aromatic rings. The first-order valence-electron chi connectivity index (χ1n) is 2.07. The summed E-state index contributed by atoms with van der Waals surface area (Å²) in [6.45, 7) is 2.22. The third kappa shape index (κ3) is 2.13. The Labute approximate surface area is 58.2 Å². The van der Waals surface area contributed by atoms with Crippen LogP contribution in [-0.2, 0) is 22.2 Å². The SMILES string of the molecule is CC(C)(S(=O)[O-])S(=O)[O-]. The molecule has 0 heterocycles. The highest BCUT2D eigenvalue weighted by atomic mass is 32.3. The highest BCUT2D eigenvalue weighted by molar-refractivity contribution is 7.98. The van der Waals surface area contributed by atoms with Gasteiger partial charge >= 0.3 is 0 Å². The Bertz CT molecular complexity index is 136. The van der Waals surface area contributed by atoms with Crippen molar-refractivity contribution in [2.24, 2.45) is 0 Å². The first kappa shape index (κ1) is 9.22. The summed E-state index contributed by atoms with van der Waals surface area (Å²) in [7, 11) is 0. The van der Waals surface area contributed by atoms with Crippen LogP contribution in [0.2, 0.25) is 0 Å². The Hall–Kier alpha value is 0.220. The second-order valence-corrected chi connectivity index (χ2v) is 5.11. The fraction of sp³-hybridized carbons (Fsp3) is 1.00. The highest BCUT2D eigenvalue weighted by Gasteiger charge is 2.19. The van der Waals surface area contributed by atoms with E-state index >= 15 is 0 Å². The van der Waals surface area contributed by atoms with Crippen molar-refractivity contribution in [3.8, 4) is 0 Å². The molecule has 0 radical (unpaired) electrons. The van der Waals surface area contributed by atoms with Gasteiger partial charge in [-0.05, 0) is 36.0 Å². The van der Waals surface area contributed by atoms with Gasteiger partial charge in [-0.2, -0.15) is 0 Å². The van der Waals surface area contributed by atoms with E-state index < -0.39 is 26.2 Å². The van der Waals surface area contributed by atoms with Crippen molar-refractivity contribution in [3.63, 3.8) is 0 Å². The van der Waals surface area contributed by atoms with Crippen LogP contribution in [-0.4, -0.2) is 21.6 Å². The van der Waals surface area contributed by atoms with E-state index in [9.17, 15) is 17.5 Å². The van der Waals surface area contributed by atoms with Crippen LogP contribution in [0.5, 0.6) is 0 Å². The molecule has 6 heteroatoms. The lowest BCUT2D eigenvalue weighted by molar-refractivity contribution is 0.495. The summed E-state index contributed by atoms with van der Waals surface area (Å²) in [5, 5.41) is 0. The molecule has 0 aliphatic rings. The first-order valence-corrected chi connectivity index (χ1v) is 4.22. The van der Waals surface area contributed by atoms with Crippen molar-refractivity contribution >= 4 is 22.2 Å². The van der Waals surface area contributed by atoms with E-state index in [0.29, 0.717) is 0 Å². The summed E-state index contributed by atoms with van der Waals surface area (Å²) in [5.74, 6) is 0. The minimum atomic E-state index is -2.57. The molecule has 0 saturated heterocycles. The maximum absolute atomic E-state index is 10.1. The average molecular weight is 170 g/mol. The second kappa shape index (κ2) is 2.87. The summed E-state index contributed by atoms with van der Waals surface area (Å²) < 4.78 is 38.6. The van der Waals surface area contributed by atoms with Gasteiger partial charge < -0.3 is 9.11 Å². The molecule has 0 aliphatic heterocycles. The number of rotatable bonds is 2. The molecule has 9 heavy (non-hydrogen) atoms. The van der Waals surface area contributed by atoms with Gasteiger partial charge in [-0.1, -0.05) is 0 Å². The average Bonchev–Trinajstić information content (AvgIpc) is 1.65. The molecule has 0 amide bonds. The molecule has 0 rings (SSSR count). The maximum atomic E-state index is 10.1. The van der Waals surface area contributed by atoms with Gasteiger partial charge in [0.2, 0.25) is 0 Å². The van der Waals surface area contributed by atoms with Gasteiger partial charge in [-0.3, -0.25) is 8.42 Å². The summed E-state index contributed by atoms with van der Waals surface area (Å²) >= 11 is -5.14. The third-order valence-electron chi connectivity index (χ3n) is 0.803. The highest BCUT2D eigenvalue weighted by Crippen LogP contribution is 2.13. The molecule has 0 spiro atoms. The second-order valence-electron chi connectivity index (χ2n) is 1.87. The first-order chi connectivity index (χ1) is 3.89. The Morgan fingerprint density at radius 1 is 1.11 bits per heavy atom. The van der Waals surface area contributed by atoms with Crippen molar-refractivity contribution in [2.45, 2.75) is 17.9 Å². The van der Waals surface area contributed by atoms with Crippen LogP contribution in [0, 0.1) is 0 Å². The monoisotopic (exact) mass is 170 g/mol. The van der Waals surface area contributed by atoms with Gasteiger partial charge in [-0.15, -0.1) is 0 Å². The van der Waals surface area contributed by atoms with E-state index in [4.69, 9.17) is 0 Å². The Morgan fingerprint density at radius 3 is 1.33 bits per heavy atom. The molecule has 2 unspecified atom stereocenters. The zero-order valence-corrected chi connectivity index (χ0v) is 6.58. The Balaban J connectivity index is 4.38. The lowest BCUT2D eigenvalue weighted by Crippen LogP contribution is -2.31. The zero-order valence-electron chi connectivity index (χ0n) is 4.95. The van der Waals surface area contributed by atoms with Gasteiger partial charge in [0.25, 0.3) is 0 Å². The van der Waals surface area contributed by atoms with Crippen LogP contribution < -0.4 is 0 Å². The fourth-order valence-electron chi connectivity index (χ4n) is 0.0556. The number of hydrogen-bond acceptors (Lipinski definition) is 4. The Kier molecular flexibility index (Phi) is 2.94. The van der Waals surface area contributed by atoms with Crippen LogP contribution >= 0.6 is 0 Å². The molecule has 0 aliphatic carbocycles. The van der Waals surface area contributed by atoms with Gasteiger partial charge in [0.15, 0.2) is 0 Å².